The molecule has 1 N–H and O–H groups in total. The zero-order valence-corrected chi connectivity index (χ0v) is 11.5. The van der Waals surface area contributed by atoms with Gasteiger partial charge in [0.2, 0.25) is 5.91 Å². The molecule has 0 radical (unpaired) electrons. The number of nitrogens with one attached hydrogen (secondary N) is 1. The lowest BCUT2D eigenvalue weighted by Crippen LogP contribution is -2.25. The van der Waals surface area contributed by atoms with E-state index in [1.54, 1.807) is 6.20 Å². The third-order valence-corrected chi connectivity index (χ3v) is 3.75. The van der Waals surface area contributed by atoms with Crippen LogP contribution in [0.5, 0.6) is 0 Å². The van der Waals surface area contributed by atoms with E-state index >= 15 is 0 Å². The first kappa shape index (κ1) is 13.1. The maximum Gasteiger partial charge on any atom is 0.226 e. The van der Waals surface area contributed by atoms with E-state index in [-0.39, 0.29) is 5.91 Å². The van der Waals surface area contributed by atoms with Crippen LogP contribution in [0.2, 0.25) is 0 Å². The lowest BCUT2D eigenvalue weighted by atomic mass is 10.2. The van der Waals surface area contributed by atoms with Crippen molar-refractivity contribution in [2.24, 2.45) is 0 Å². The minimum absolute atomic E-state index is 0.0414. The molecule has 1 amide bonds. The van der Waals surface area contributed by atoms with Crippen LogP contribution in [-0.4, -0.2) is 35.4 Å². The van der Waals surface area contributed by atoms with Crippen LogP contribution in [0.25, 0.3) is 10.8 Å². The van der Waals surface area contributed by atoms with Gasteiger partial charge in [0, 0.05) is 24.5 Å². The fourth-order valence-corrected chi connectivity index (χ4v) is 2.62. The molecule has 4 nitrogen and oxygen atoms in total. The van der Waals surface area contributed by atoms with E-state index in [0.717, 1.165) is 30.4 Å². The highest BCUT2D eigenvalue weighted by molar-refractivity contribution is 5.92. The van der Waals surface area contributed by atoms with Gasteiger partial charge in [0.1, 0.15) is 5.82 Å². The summed E-state index contributed by atoms with van der Waals surface area (Å²) in [4.78, 5) is 18.5. The number of likely N-dealkylation sites (tertiary alicyclic amines) is 1. The SMILES string of the molecule is O=C(CCN1CCCC1)Nc1cc2ccccc2cn1. The first-order valence-corrected chi connectivity index (χ1v) is 7.18. The number of rotatable bonds is 4. The predicted molar refractivity (Wildman–Crippen MR) is 80.7 cm³/mol. The lowest BCUT2D eigenvalue weighted by molar-refractivity contribution is -0.116. The number of hydrogen-bond donors (Lipinski definition) is 1. The highest BCUT2D eigenvalue weighted by Gasteiger charge is 2.13. The van der Waals surface area contributed by atoms with E-state index < -0.39 is 0 Å². The minimum atomic E-state index is 0.0414. The molecule has 1 aromatic heterocycles. The Balaban J connectivity index is 1.59. The molecule has 2 heterocycles. The van der Waals surface area contributed by atoms with E-state index in [4.69, 9.17) is 0 Å². The van der Waals surface area contributed by atoms with Crippen molar-refractivity contribution in [3.05, 3.63) is 36.5 Å². The normalized spacial score (nSPS) is 15.6. The number of nitrogens with zero attached hydrogens (tertiary/aromatic N) is 2. The first-order chi connectivity index (χ1) is 9.81. The van der Waals surface area contributed by atoms with Gasteiger partial charge < -0.3 is 10.2 Å². The molecule has 1 aliphatic heterocycles. The molecule has 0 atom stereocenters. The molecule has 0 spiro atoms. The fourth-order valence-electron chi connectivity index (χ4n) is 2.62. The van der Waals surface area contributed by atoms with Crippen LogP contribution in [0.15, 0.2) is 36.5 Å². The molecule has 1 aliphatic rings. The molecule has 20 heavy (non-hydrogen) atoms. The Bertz CT molecular complexity index is 605. The summed E-state index contributed by atoms with van der Waals surface area (Å²) >= 11 is 0. The average Bonchev–Trinajstić information content (AvgIpc) is 2.98. The van der Waals surface area contributed by atoms with Crippen LogP contribution in [0, 0.1) is 0 Å². The largest absolute Gasteiger partial charge is 0.311 e. The number of pyridine rings is 1. The van der Waals surface area contributed by atoms with E-state index in [1.807, 2.05) is 30.3 Å². The Hall–Kier alpha value is -1.94. The molecule has 104 valence electrons. The smallest absolute Gasteiger partial charge is 0.226 e. The minimum Gasteiger partial charge on any atom is -0.311 e. The van der Waals surface area contributed by atoms with Gasteiger partial charge in [0.05, 0.1) is 0 Å². The first-order valence-electron chi connectivity index (χ1n) is 7.18. The number of carbonyl (C=O) groups is 1. The highest BCUT2D eigenvalue weighted by atomic mass is 16.1. The molecular formula is C16H19N3O. The van der Waals surface area contributed by atoms with Crippen molar-refractivity contribution in [2.45, 2.75) is 19.3 Å². The molecule has 0 bridgehead atoms. The second kappa shape index (κ2) is 6.01. The summed E-state index contributed by atoms with van der Waals surface area (Å²) in [6.45, 7) is 3.10. The topological polar surface area (TPSA) is 45.2 Å². The maximum atomic E-state index is 11.9. The summed E-state index contributed by atoms with van der Waals surface area (Å²) in [5, 5.41) is 5.06. The molecule has 4 heteroatoms. The van der Waals surface area contributed by atoms with Crippen molar-refractivity contribution in [3.8, 4) is 0 Å². The Morgan fingerprint density at radius 3 is 2.75 bits per heavy atom. The van der Waals surface area contributed by atoms with Gasteiger partial charge in [-0.05, 0) is 37.4 Å². The van der Waals surface area contributed by atoms with Crippen LogP contribution in [-0.2, 0) is 4.79 Å². The van der Waals surface area contributed by atoms with Gasteiger partial charge in [-0.1, -0.05) is 24.3 Å². The predicted octanol–water partition coefficient (Wildman–Crippen LogP) is 2.66. The number of anilines is 1. The maximum absolute atomic E-state index is 11.9. The highest BCUT2D eigenvalue weighted by Crippen LogP contribution is 2.16. The molecule has 2 aromatic rings. The van der Waals surface area contributed by atoms with Gasteiger partial charge in [-0.15, -0.1) is 0 Å². The van der Waals surface area contributed by atoms with Crippen LogP contribution < -0.4 is 5.32 Å². The van der Waals surface area contributed by atoms with Gasteiger partial charge in [-0.25, -0.2) is 4.98 Å². The molecule has 0 aliphatic carbocycles. The molecule has 3 rings (SSSR count). The average molecular weight is 269 g/mol. The second-order valence-corrected chi connectivity index (χ2v) is 5.26. The van der Waals surface area contributed by atoms with Crippen molar-refractivity contribution in [1.29, 1.82) is 0 Å². The van der Waals surface area contributed by atoms with Crippen LogP contribution in [0.3, 0.4) is 0 Å². The molecule has 0 saturated carbocycles. The Morgan fingerprint density at radius 2 is 1.95 bits per heavy atom. The fraction of sp³-hybridized carbons (Fsp3) is 0.375. The van der Waals surface area contributed by atoms with Gasteiger partial charge in [0.15, 0.2) is 0 Å². The van der Waals surface area contributed by atoms with Gasteiger partial charge >= 0.3 is 0 Å². The summed E-state index contributed by atoms with van der Waals surface area (Å²) in [5.74, 6) is 0.676. The third kappa shape index (κ3) is 3.14. The zero-order valence-electron chi connectivity index (χ0n) is 11.5. The van der Waals surface area contributed by atoms with Gasteiger partial charge in [0.25, 0.3) is 0 Å². The van der Waals surface area contributed by atoms with Crippen LogP contribution in [0.1, 0.15) is 19.3 Å². The number of carbonyl (C=O) groups excluding carboxylic acids is 1. The Labute approximate surface area is 118 Å². The number of amides is 1. The lowest BCUT2D eigenvalue weighted by Gasteiger charge is -2.13. The summed E-state index contributed by atoms with van der Waals surface area (Å²) in [6.07, 6.45) is 4.85. The van der Waals surface area contributed by atoms with Crippen molar-refractivity contribution < 1.29 is 4.79 Å². The zero-order chi connectivity index (χ0) is 13.8. The molecule has 1 aromatic carbocycles. The van der Waals surface area contributed by atoms with E-state index in [2.05, 4.69) is 15.2 Å². The number of hydrogen-bond acceptors (Lipinski definition) is 3. The third-order valence-electron chi connectivity index (χ3n) is 3.75. The number of aromatic nitrogens is 1. The quantitative estimate of drug-likeness (QED) is 0.928. The number of fused-ring (bicyclic) bond motifs is 1. The summed E-state index contributed by atoms with van der Waals surface area (Å²) in [5.41, 5.74) is 0. The Morgan fingerprint density at radius 1 is 1.20 bits per heavy atom. The van der Waals surface area contributed by atoms with E-state index in [9.17, 15) is 4.79 Å². The standard InChI is InChI=1S/C16H19N3O/c20-16(7-10-19-8-3-4-9-19)18-15-11-13-5-1-2-6-14(13)12-17-15/h1-2,5-6,11-12H,3-4,7-10H2,(H,17,18,20). The van der Waals surface area contributed by atoms with Crippen LogP contribution >= 0.6 is 0 Å². The molecule has 1 saturated heterocycles. The molecular weight excluding hydrogens is 250 g/mol. The Kier molecular flexibility index (Phi) is 3.92. The van der Waals surface area contributed by atoms with Gasteiger partial charge in [-0.2, -0.15) is 0 Å². The van der Waals surface area contributed by atoms with E-state index in [0.29, 0.717) is 12.2 Å². The van der Waals surface area contributed by atoms with Crippen LogP contribution in [0.4, 0.5) is 5.82 Å². The molecule has 0 unspecified atom stereocenters. The summed E-state index contributed by atoms with van der Waals surface area (Å²) < 4.78 is 0. The summed E-state index contributed by atoms with van der Waals surface area (Å²) in [6, 6.07) is 9.93. The second-order valence-electron chi connectivity index (χ2n) is 5.26. The summed E-state index contributed by atoms with van der Waals surface area (Å²) in [7, 11) is 0. The molecule has 1 fully saturated rings. The van der Waals surface area contributed by atoms with E-state index in [1.165, 1.54) is 12.8 Å². The van der Waals surface area contributed by atoms with Crippen molar-refractivity contribution in [1.82, 2.24) is 9.88 Å². The van der Waals surface area contributed by atoms with Crippen molar-refractivity contribution >= 4 is 22.5 Å². The van der Waals surface area contributed by atoms with Crippen molar-refractivity contribution in [2.75, 3.05) is 25.0 Å². The van der Waals surface area contributed by atoms with Gasteiger partial charge in [-0.3, -0.25) is 4.79 Å². The van der Waals surface area contributed by atoms with Crippen molar-refractivity contribution in [3.63, 3.8) is 0 Å². The monoisotopic (exact) mass is 269 g/mol. The number of benzene rings is 1.